The maximum absolute atomic E-state index is 12.8. The minimum Gasteiger partial charge on any atom is -0.492 e. The van der Waals surface area contributed by atoms with Gasteiger partial charge in [-0.15, -0.1) is 0 Å². The molecule has 0 heterocycles. The highest BCUT2D eigenvalue weighted by Gasteiger charge is 2.13. The van der Waals surface area contributed by atoms with Gasteiger partial charge < -0.3 is 9.64 Å². The summed E-state index contributed by atoms with van der Waals surface area (Å²) in [4.78, 5) is 23.7. The minimum absolute atomic E-state index is 0.0659. The highest BCUT2D eigenvalue weighted by atomic mass is 19.1. The molecule has 1 amide bonds. The average molecular weight is 318 g/mol. The van der Waals surface area contributed by atoms with Gasteiger partial charge in [-0.05, 0) is 36.4 Å². The molecule has 2 aromatic carbocycles. The number of hydrogen-bond acceptors (Lipinski definition) is 4. The first-order chi connectivity index (χ1) is 11.0. The second kappa shape index (κ2) is 7.35. The van der Waals surface area contributed by atoms with Crippen molar-refractivity contribution in [3.63, 3.8) is 0 Å². The number of non-ortho nitro benzene ring substituents is 1. The number of ether oxygens (including phenoxy) is 1. The zero-order valence-corrected chi connectivity index (χ0v) is 12.4. The molecule has 0 fully saturated rings. The summed E-state index contributed by atoms with van der Waals surface area (Å²) in [6.45, 7) is 0.577. The van der Waals surface area contributed by atoms with Crippen LogP contribution in [0.25, 0.3) is 0 Å². The molecule has 6 nitrogen and oxygen atoms in total. The third-order valence-electron chi connectivity index (χ3n) is 3.18. The van der Waals surface area contributed by atoms with Crippen molar-refractivity contribution in [2.24, 2.45) is 0 Å². The van der Waals surface area contributed by atoms with E-state index in [1.54, 1.807) is 7.05 Å². The normalized spacial score (nSPS) is 10.2. The molecule has 0 saturated carbocycles. The van der Waals surface area contributed by atoms with Crippen LogP contribution in [0.2, 0.25) is 0 Å². The fourth-order valence-corrected chi connectivity index (χ4v) is 1.88. The van der Waals surface area contributed by atoms with Crippen LogP contribution in [0.4, 0.5) is 10.1 Å². The Kier molecular flexibility index (Phi) is 5.24. The Morgan fingerprint density at radius 3 is 2.35 bits per heavy atom. The SMILES string of the molecule is CN(CCOc1ccc(F)cc1)C(=O)c1ccc([N+](=O)[O-])cc1. The minimum atomic E-state index is -0.519. The smallest absolute Gasteiger partial charge is 0.269 e. The van der Waals surface area contributed by atoms with E-state index in [9.17, 15) is 19.3 Å². The molecule has 23 heavy (non-hydrogen) atoms. The van der Waals surface area contributed by atoms with Gasteiger partial charge >= 0.3 is 0 Å². The van der Waals surface area contributed by atoms with Gasteiger partial charge in [-0.25, -0.2) is 4.39 Å². The monoisotopic (exact) mass is 318 g/mol. The average Bonchev–Trinajstić information content (AvgIpc) is 2.56. The highest BCUT2D eigenvalue weighted by Crippen LogP contribution is 2.14. The molecule has 0 atom stereocenters. The highest BCUT2D eigenvalue weighted by molar-refractivity contribution is 5.94. The predicted molar refractivity (Wildman–Crippen MR) is 82.0 cm³/mol. The van der Waals surface area contributed by atoms with Crippen molar-refractivity contribution in [2.45, 2.75) is 0 Å². The number of halogens is 1. The van der Waals surface area contributed by atoms with E-state index in [-0.39, 0.29) is 24.0 Å². The quantitative estimate of drug-likeness (QED) is 0.606. The summed E-state index contributed by atoms with van der Waals surface area (Å²) in [5.41, 5.74) is 0.295. The number of benzene rings is 2. The van der Waals surface area contributed by atoms with E-state index in [0.29, 0.717) is 17.9 Å². The summed E-state index contributed by atoms with van der Waals surface area (Å²) >= 11 is 0. The molecular weight excluding hydrogens is 303 g/mol. The number of nitro groups is 1. The Balaban J connectivity index is 1.87. The molecule has 2 aromatic rings. The Bertz CT molecular complexity index is 686. The molecule has 0 radical (unpaired) electrons. The summed E-state index contributed by atoms with van der Waals surface area (Å²) in [6, 6.07) is 11.0. The van der Waals surface area contributed by atoms with Gasteiger partial charge in [0.2, 0.25) is 0 Å². The van der Waals surface area contributed by atoms with Crippen molar-refractivity contribution in [1.82, 2.24) is 4.90 Å². The number of hydrogen-bond donors (Lipinski definition) is 0. The second-order valence-electron chi connectivity index (χ2n) is 4.83. The molecule has 7 heteroatoms. The lowest BCUT2D eigenvalue weighted by molar-refractivity contribution is -0.384. The van der Waals surface area contributed by atoms with E-state index < -0.39 is 4.92 Å². The van der Waals surface area contributed by atoms with Crippen LogP contribution < -0.4 is 4.74 Å². The standard InChI is InChI=1S/C16H15FN2O4/c1-18(10-11-23-15-8-4-13(17)5-9-15)16(20)12-2-6-14(7-3-12)19(21)22/h2-9H,10-11H2,1H3. The molecule has 0 spiro atoms. The second-order valence-corrected chi connectivity index (χ2v) is 4.83. The van der Waals surface area contributed by atoms with Crippen molar-refractivity contribution in [1.29, 1.82) is 0 Å². The number of nitrogens with zero attached hydrogens (tertiary/aromatic N) is 2. The third kappa shape index (κ3) is 4.50. The first-order valence-electron chi connectivity index (χ1n) is 6.85. The topological polar surface area (TPSA) is 72.7 Å². The Morgan fingerprint density at radius 2 is 1.78 bits per heavy atom. The molecule has 0 aliphatic heterocycles. The van der Waals surface area contributed by atoms with E-state index in [4.69, 9.17) is 4.74 Å². The molecule has 120 valence electrons. The molecule has 0 N–H and O–H groups in total. The summed E-state index contributed by atoms with van der Waals surface area (Å²) in [5.74, 6) is -0.0898. The largest absolute Gasteiger partial charge is 0.492 e. The van der Waals surface area contributed by atoms with Crippen molar-refractivity contribution in [3.8, 4) is 5.75 Å². The van der Waals surface area contributed by atoms with Crippen LogP contribution in [0, 0.1) is 15.9 Å². The number of likely N-dealkylation sites (N-methyl/N-ethyl adjacent to an activating group) is 1. The lowest BCUT2D eigenvalue weighted by atomic mass is 10.2. The fraction of sp³-hybridized carbons (Fsp3) is 0.188. The first kappa shape index (κ1) is 16.4. The van der Waals surface area contributed by atoms with Gasteiger partial charge in [0.05, 0.1) is 11.5 Å². The number of carbonyl (C=O) groups is 1. The van der Waals surface area contributed by atoms with Gasteiger partial charge in [0.15, 0.2) is 0 Å². The van der Waals surface area contributed by atoms with Crippen LogP contribution >= 0.6 is 0 Å². The van der Waals surface area contributed by atoms with Gasteiger partial charge in [0, 0.05) is 24.7 Å². The molecule has 0 saturated heterocycles. The molecule has 0 bridgehead atoms. The van der Waals surface area contributed by atoms with Crippen LogP contribution in [-0.2, 0) is 0 Å². The van der Waals surface area contributed by atoms with Crippen molar-refractivity contribution < 1.29 is 18.8 Å². The Labute approximate surface area is 132 Å². The molecule has 0 aromatic heterocycles. The molecule has 0 aliphatic rings. The molecular formula is C16H15FN2O4. The van der Waals surface area contributed by atoms with Crippen LogP contribution in [-0.4, -0.2) is 35.9 Å². The van der Waals surface area contributed by atoms with E-state index >= 15 is 0 Å². The molecule has 2 rings (SSSR count). The zero-order chi connectivity index (χ0) is 16.8. The number of carbonyl (C=O) groups excluding carboxylic acids is 1. The summed E-state index contributed by atoms with van der Waals surface area (Å²) in [5, 5.41) is 10.6. The number of rotatable bonds is 6. The predicted octanol–water partition coefficient (Wildman–Crippen LogP) is 2.88. The van der Waals surface area contributed by atoms with Crippen LogP contribution in [0.3, 0.4) is 0 Å². The summed E-state index contributed by atoms with van der Waals surface area (Å²) < 4.78 is 18.2. The summed E-state index contributed by atoms with van der Waals surface area (Å²) in [7, 11) is 1.61. The van der Waals surface area contributed by atoms with E-state index in [2.05, 4.69) is 0 Å². The van der Waals surface area contributed by atoms with Crippen molar-refractivity contribution in [3.05, 3.63) is 70.0 Å². The van der Waals surface area contributed by atoms with Gasteiger partial charge in [0.25, 0.3) is 11.6 Å². The number of nitro benzene ring substituents is 1. The van der Waals surface area contributed by atoms with Crippen molar-refractivity contribution >= 4 is 11.6 Å². The van der Waals surface area contributed by atoms with Gasteiger partial charge in [-0.3, -0.25) is 14.9 Å². The van der Waals surface area contributed by atoms with E-state index in [1.807, 2.05) is 0 Å². The number of amides is 1. The first-order valence-corrected chi connectivity index (χ1v) is 6.85. The van der Waals surface area contributed by atoms with E-state index in [0.717, 1.165) is 0 Å². The molecule has 0 unspecified atom stereocenters. The fourth-order valence-electron chi connectivity index (χ4n) is 1.88. The van der Waals surface area contributed by atoms with Crippen LogP contribution in [0.5, 0.6) is 5.75 Å². The van der Waals surface area contributed by atoms with Crippen molar-refractivity contribution in [2.75, 3.05) is 20.2 Å². The third-order valence-corrected chi connectivity index (χ3v) is 3.18. The lowest BCUT2D eigenvalue weighted by Crippen LogP contribution is -2.30. The zero-order valence-electron chi connectivity index (χ0n) is 12.4. The summed E-state index contributed by atoms with van der Waals surface area (Å²) in [6.07, 6.45) is 0. The Hall–Kier alpha value is -2.96. The van der Waals surface area contributed by atoms with Crippen LogP contribution in [0.15, 0.2) is 48.5 Å². The maximum atomic E-state index is 12.8. The maximum Gasteiger partial charge on any atom is 0.269 e. The lowest BCUT2D eigenvalue weighted by Gasteiger charge is -2.17. The van der Waals surface area contributed by atoms with E-state index in [1.165, 1.54) is 53.4 Å². The van der Waals surface area contributed by atoms with Gasteiger partial charge in [0.1, 0.15) is 18.2 Å². The Morgan fingerprint density at radius 1 is 1.17 bits per heavy atom. The molecule has 0 aliphatic carbocycles. The van der Waals surface area contributed by atoms with Gasteiger partial charge in [-0.1, -0.05) is 0 Å². The van der Waals surface area contributed by atoms with Crippen LogP contribution in [0.1, 0.15) is 10.4 Å². The van der Waals surface area contributed by atoms with Gasteiger partial charge in [-0.2, -0.15) is 0 Å².